The predicted molar refractivity (Wildman–Crippen MR) is 73.8 cm³/mol. The topological polar surface area (TPSA) is 54.4 Å². The SMILES string of the molecule is OCCOc1ccccc1CNCc1ccncc1. The van der Waals surface area contributed by atoms with E-state index in [-0.39, 0.29) is 6.61 Å². The maximum Gasteiger partial charge on any atom is 0.123 e. The number of aliphatic hydroxyl groups is 1. The molecule has 0 atom stereocenters. The summed E-state index contributed by atoms with van der Waals surface area (Å²) >= 11 is 0. The van der Waals surface area contributed by atoms with Crippen LogP contribution in [-0.2, 0) is 13.1 Å². The lowest BCUT2D eigenvalue weighted by atomic mass is 10.2. The van der Waals surface area contributed by atoms with Crippen molar-refractivity contribution in [1.82, 2.24) is 10.3 Å². The van der Waals surface area contributed by atoms with Gasteiger partial charge in [-0.15, -0.1) is 0 Å². The number of rotatable bonds is 7. The fourth-order valence-electron chi connectivity index (χ4n) is 1.79. The fraction of sp³-hybridized carbons (Fsp3) is 0.267. The zero-order chi connectivity index (χ0) is 13.3. The van der Waals surface area contributed by atoms with E-state index in [9.17, 15) is 0 Å². The van der Waals surface area contributed by atoms with Gasteiger partial charge >= 0.3 is 0 Å². The molecule has 100 valence electrons. The van der Waals surface area contributed by atoms with Crippen LogP contribution in [-0.4, -0.2) is 23.3 Å². The summed E-state index contributed by atoms with van der Waals surface area (Å²) in [6, 6.07) is 11.8. The molecular formula is C15H18N2O2. The van der Waals surface area contributed by atoms with Gasteiger partial charge in [0.25, 0.3) is 0 Å². The number of pyridine rings is 1. The number of aromatic nitrogens is 1. The van der Waals surface area contributed by atoms with E-state index in [1.165, 1.54) is 5.56 Å². The highest BCUT2D eigenvalue weighted by atomic mass is 16.5. The van der Waals surface area contributed by atoms with E-state index in [1.807, 2.05) is 36.4 Å². The quantitative estimate of drug-likeness (QED) is 0.794. The standard InChI is InChI=1S/C15H18N2O2/c18-9-10-19-15-4-2-1-3-14(15)12-17-11-13-5-7-16-8-6-13/h1-8,17-18H,9-12H2. The monoisotopic (exact) mass is 258 g/mol. The van der Waals surface area contributed by atoms with Crippen molar-refractivity contribution in [2.24, 2.45) is 0 Å². The summed E-state index contributed by atoms with van der Waals surface area (Å²) < 4.78 is 5.49. The molecule has 0 saturated heterocycles. The van der Waals surface area contributed by atoms with Crippen molar-refractivity contribution in [2.75, 3.05) is 13.2 Å². The zero-order valence-corrected chi connectivity index (χ0v) is 10.7. The number of benzene rings is 1. The molecule has 1 aromatic heterocycles. The smallest absolute Gasteiger partial charge is 0.123 e. The predicted octanol–water partition coefficient (Wildman–Crippen LogP) is 1.74. The van der Waals surface area contributed by atoms with E-state index in [4.69, 9.17) is 9.84 Å². The van der Waals surface area contributed by atoms with E-state index in [2.05, 4.69) is 10.3 Å². The Bertz CT molecular complexity index is 489. The zero-order valence-electron chi connectivity index (χ0n) is 10.7. The maximum atomic E-state index is 8.80. The number of nitrogens with zero attached hydrogens (tertiary/aromatic N) is 1. The molecule has 0 aliphatic rings. The van der Waals surface area contributed by atoms with Crippen molar-refractivity contribution in [3.8, 4) is 5.75 Å². The second-order valence-corrected chi connectivity index (χ2v) is 4.14. The number of aliphatic hydroxyl groups excluding tert-OH is 1. The highest BCUT2D eigenvalue weighted by molar-refractivity contribution is 5.33. The third-order valence-electron chi connectivity index (χ3n) is 2.72. The third kappa shape index (κ3) is 4.35. The summed E-state index contributed by atoms with van der Waals surface area (Å²) in [6.07, 6.45) is 3.57. The molecule has 4 heteroatoms. The van der Waals surface area contributed by atoms with E-state index in [0.29, 0.717) is 6.61 Å². The molecule has 0 aliphatic heterocycles. The van der Waals surface area contributed by atoms with Crippen LogP contribution in [0.15, 0.2) is 48.8 Å². The van der Waals surface area contributed by atoms with E-state index in [0.717, 1.165) is 24.4 Å². The molecule has 19 heavy (non-hydrogen) atoms. The maximum absolute atomic E-state index is 8.80. The molecule has 0 saturated carbocycles. The lowest BCUT2D eigenvalue weighted by Crippen LogP contribution is -2.14. The first-order valence-electron chi connectivity index (χ1n) is 6.31. The van der Waals surface area contributed by atoms with E-state index >= 15 is 0 Å². The number of hydrogen-bond donors (Lipinski definition) is 2. The van der Waals surface area contributed by atoms with Crippen LogP contribution in [0.4, 0.5) is 0 Å². The van der Waals surface area contributed by atoms with Gasteiger partial charge in [0, 0.05) is 31.0 Å². The van der Waals surface area contributed by atoms with E-state index < -0.39 is 0 Å². The molecule has 0 fully saturated rings. The Balaban J connectivity index is 1.88. The second kappa shape index (κ2) is 7.51. The first kappa shape index (κ1) is 13.5. The summed E-state index contributed by atoms with van der Waals surface area (Å²) in [6.45, 7) is 1.86. The number of ether oxygens (including phenoxy) is 1. The summed E-state index contributed by atoms with van der Waals surface area (Å²) in [4.78, 5) is 3.99. The molecule has 2 aromatic rings. The Hall–Kier alpha value is -1.91. The first-order valence-corrected chi connectivity index (χ1v) is 6.31. The fourth-order valence-corrected chi connectivity index (χ4v) is 1.79. The van der Waals surface area contributed by atoms with Gasteiger partial charge in [0.15, 0.2) is 0 Å². The van der Waals surface area contributed by atoms with Gasteiger partial charge in [-0.25, -0.2) is 0 Å². The molecule has 0 amide bonds. The first-order chi connectivity index (χ1) is 9.40. The van der Waals surface area contributed by atoms with Gasteiger partial charge in [-0.2, -0.15) is 0 Å². The highest BCUT2D eigenvalue weighted by Crippen LogP contribution is 2.17. The Labute approximate surface area is 113 Å². The molecule has 2 N–H and O–H groups in total. The van der Waals surface area contributed by atoms with Crippen molar-refractivity contribution in [3.05, 3.63) is 59.9 Å². The number of hydrogen-bond acceptors (Lipinski definition) is 4. The van der Waals surface area contributed by atoms with Gasteiger partial charge in [-0.3, -0.25) is 4.98 Å². The Morgan fingerprint density at radius 3 is 2.63 bits per heavy atom. The molecule has 1 heterocycles. The molecular weight excluding hydrogens is 240 g/mol. The number of nitrogens with one attached hydrogen (secondary N) is 1. The molecule has 0 spiro atoms. The average molecular weight is 258 g/mol. The highest BCUT2D eigenvalue weighted by Gasteiger charge is 2.02. The molecule has 2 rings (SSSR count). The Kier molecular flexibility index (Phi) is 5.34. The summed E-state index contributed by atoms with van der Waals surface area (Å²) in [7, 11) is 0. The summed E-state index contributed by atoms with van der Waals surface area (Å²) in [5.74, 6) is 0.818. The van der Waals surface area contributed by atoms with Crippen molar-refractivity contribution in [2.45, 2.75) is 13.1 Å². The minimum atomic E-state index is 0.0266. The van der Waals surface area contributed by atoms with Crippen LogP contribution in [0.2, 0.25) is 0 Å². The van der Waals surface area contributed by atoms with Crippen LogP contribution in [0.25, 0.3) is 0 Å². The van der Waals surface area contributed by atoms with Crippen LogP contribution in [0.5, 0.6) is 5.75 Å². The molecule has 0 aliphatic carbocycles. The molecule has 1 aromatic carbocycles. The number of para-hydroxylation sites is 1. The van der Waals surface area contributed by atoms with Gasteiger partial charge in [0.2, 0.25) is 0 Å². The minimum Gasteiger partial charge on any atom is -0.491 e. The summed E-state index contributed by atoms with van der Waals surface area (Å²) in [5, 5.41) is 12.2. The Morgan fingerprint density at radius 2 is 1.84 bits per heavy atom. The third-order valence-corrected chi connectivity index (χ3v) is 2.72. The normalized spacial score (nSPS) is 10.4. The van der Waals surface area contributed by atoms with Crippen molar-refractivity contribution < 1.29 is 9.84 Å². The molecule has 0 radical (unpaired) electrons. The van der Waals surface area contributed by atoms with Crippen LogP contribution in [0.3, 0.4) is 0 Å². The van der Waals surface area contributed by atoms with Gasteiger partial charge in [0.1, 0.15) is 12.4 Å². The Morgan fingerprint density at radius 1 is 1.05 bits per heavy atom. The van der Waals surface area contributed by atoms with Gasteiger partial charge < -0.3 is 15.2 Å². The lowest BCUT2D eigenvalue weighted by molar-refractivity contribution is 0.200. The van der Waals surface area contributed by atoms with Crippen molar-refractivity contribution >= 4 is 0 Å². The van der Waals surface area contributed by atoms with E-state index in [1.54, 1.807) is 12.4 Å². The van der Waals surface area contributed by atoms with Crippen LogP contribution < -0.4 is 10.1 Å². The van der Waals surface area contributed by atoms with Crippen LogP contribution in [0, 0.1) is 0 Å². The second-order valence-electron chi connectivity index (χ2n) is 4.14. The minimum absolute atomic E-state index is 0.0266. The van der Waals surface area contributed by atoms with Gasteiger partial charge in [-0.1, -0.05) is 18.2 Å². The molecule has 0 unspecified atom stereocenters. The average Bonchev–Trinajstić information content (AvgIpc) is 2.47. The lowest BCUT2D eigenvalue weighted by Gasteiger charge is -2.11. The van der Waals surface area contributed by atoms with Crippen LogP contribution in [0.1, 0.15) is 11.1 Å². The molecule has 4 nitrogen and oxygen atoms in total. The largest absolute Gasteiger partial charge is 0.491 e. The van der Waals surface area contributed by atoms with Crippen LogP contribution >= 0.6 is 0 Å². The van der Waals surface area contributed by atoms with Gasteiger partial charge in [0.05, 0.1) is 6.61 Å². The molecule has 0 bridgehead atoms. The van der Waals surface area contributed by atoms with Crippen molar-refractivity contribution in [1.29, 1.82) is 0 Å². The van der Waals surface area contributed by atoms with Gasteiger partial charge in [-0.05, 0) is 23.8 Å². The summed E-state index contributed by atoms with van der Waals surface area (Å²) in [5.41, 5.74) is 2.29. The van der Waals surface area contributed by atoms with Crippen molar-refractivity contribution in [3.63, 3.8) is 0 Å².